The number of nitrogen functional groups attached to an aromatic ring is 1. The molecular weight excluding hydrogens is 306 g/mol. The number of anilines is 1. The van der Waals surface area contributed by atoms with Crippen LogP contribution in [0, 0.1) is 6.92 Å². The lowest BCUT2D eigenvalue weighted by atomic mass is 10.3. The van der Waals surface area contributed by atoms with Gasteiger partial charge in [-0.25, -0.2) is 15.0 Å². The lowest BCUT2D eigenvalue weighted by Crippen LogP contribution is -2.04. The van der Waals surface area contributed by atoms with Crippen LogP contribution in [0.3, 0.4) is 0 Å². The molecule has 3 aromatic rings. The smallest absolute Gasteiger partial charge is 0.141 e. The number of aromatic amines is 1. The molecule has 0 unspecified atom stereocenters. The standard InChI is InChI=1S/C13H12BrN5/c1-7-12(14)13(15)19-10(16-7)6-11-17-8-4-2-3-5-9(8)18-11/h2-5H,6H2,1H3,(H,17,18)(H2,15,16,19). The van der Waals surface area contributed by atoms with Gasteiger partial charge >= 0.3 is 0 Å². The van der Waals surface area contributed by atoms with Gasteiger partial charge in [0.25, 0.3) is 0 Å². The first-order chi connectivity index (χ1) is 9.13. The molecule has 2 heterocycles. The number of H-pyrrole nitrogens is 1. The number of rotatable bonds is 2. The number of benzene rings is 1. The highest BCUT2D eigenvalue weighted by atomic mass is 79.9. The SMILES string of the molecule is Cc1nc(Cc2nc3ccccc3[nH]2)nc(N)c1Br. The van der Waals surface area contributed by atoms with Crippen LogP contribution in [-0.2, 0) is 6.42 Å². The van der Waals surface area contributed by atoms with Crippen molar-refractivity contribution in [1.29, 1.82) is 0 Å². The van der Waals surface area contributed by atoms with Crippen molar-refractivity contribution in [3.05, 3.63) is 46.1 Å². The van der Waals surface area contributed by atoms with Gasteiger partial charge in [0.05, 0.1) is 27.6 Å². The molecule has 0 atom stereocenters. The molecule has 19 heavy (non-hydrogen) atoms. The van der Waals surface area contributed by atoms with Crippen molar-refractivity contribution in [2.24, 2.45) is 0 Å². The van der Waals surface area contributed by atoms with Crippen LogP contribution in [0.1, 0.15) is 17.3 Å². The molecule has 0 amide bonds. The Morgan fingerprint density at radius 2 is 2.00 bits per heavy atom. The van der Waals surface area contributed by atoms with E-state index < -0.39 is 0 Å². The van der Waals surface area contributed by atoms with Gasteiger partial charge < -0.3 is 10.7 Å². The van der Waals surface area contributed by atoms with Crippen molar-refractivity contribution in [3.8, 4) is 0 Å². The topological polar surface area (TPSA) is 80.5 Å². The predicted molar refractivity (Wildman–Crippen MR) is 77.8 cm³/mol. The third kappa shape index (κ3) is 2.31. The summed E-state index contributed by atoms with van der Waals surface area (Å²) in [6, 6.07) is 7.90. The number of halogens is 1. The van der Waals surface area contributed by atoms with Crippen molar-refractivity contribution in [2.75, 3.05) is 5.73 Å². The Morgan fingerprint density at radius 3 is 2.74 bits per heavy atom. The number of nitrogens with two attached hydrogens (primary N) is 1. The van der Waals surface area contributed by atoms with E-state index in [0.29, 0.717) is 18.1 Å². The summed E-state index contributed by atoms with van der Waals surface area (Å²) in [6.07, 6.45) is 0.535. The molecule has 0 bridgehead atoms. The zero-order chi connectivity index (χ0) is 13.4. The zero-order valence-electron chi connectivity index (χ0n) is 10.3. The summed E-state index contributed by atoms with van der Waals surface area (Å²) in [4.78, 5) is 16.4. The molecule has 1 aromatic carbocycles. The van der Waals surface area contributed by atoms with Crippen LogP contribution in [0.2, 0.25) is 0 Å². The van der Waals surface area contributed by atoms with Gasteiger partial charge in [0, 0.05) is 0 Å². The van der Waals surface area contributed by atoms with Gasteiger partial charge in [-0.1, -0.05) is 12.1 Å². The normalized spacial score (nSPS) is 11.1. The minimum absolute atomic E-state index is 0.457. The Bertz CT molecular complexity index is 694. The average molecular weight is 318 g/mol. The summed E-state index contributed by atoms with van der Waals surface area (Å²) in [5.74, 6) is 1.96. The van der Waals surface area contributed by atoms with Gasteiger partial charge in [0.2, 0.25) is 0 Å². The van der Waals surface area contributed by atoms with E-state index >= 15 is 0 Å². The molecule has 2 aromatic heterocycles. The van der Waals surface area contributed by atoms with Gasteiger partial charge in [-0.15, -0.1) is 0 Å². The van der Waals surface area contributed by atoms with Crippen molar-refractivity contribution in [2.45, 2.75) is 13.3 Å². The zero-order valence-corrected chi connectivity index (χ0v) is 11.9. The Kier molecular flexibility index (Phi) is 2.94. The van der Waals surface area contributed by atoms with Crippen LogP contribution in [-0.4, -0.2) is 19.9 Å². The second kappa shape index (κ2) is 4.62. The van der Waals surface area contributed by atoms with Gasteiger partial charge in [-0.2, -0.15) is 0 Å². The predicted octanol–water partition coefficient (Wildman–Crippen LogP) is 2.60. The van der Waals surface area contributed by atoms with Crippen LogP contribution in [0.5, 0.6) is 0 Å². The number of nitrogens with zero attached hydrogens (tertiary/aromatic N) is 3. The molecule has 96 valence electrons. The number of para-hydroxylation sites is 2. The van der Waals surface area contributed by atoms with Crippen molar-refractivity contribution in [1.82, 2.24) is 19.9 Å². The van der Waals surface area contributed by atoms with E-state index in [1.165, 1.54) is 0 Å². The van der Waals surface area contributed by atoms with Gasteiger partial charge in [-0.05, 0) is 35.0 Å². The summed E-state index contributed by atoms with van der Waals surface area (Å²) >= 11 is 3.35. The van der Waals surface area contributed by atoms with E-state index in [1.807, 2.05) is 31.2 Å². The largest absolute Gasteiger partial charge is 0.383 e. The first-order valence-corrected chi connectivity index (χ1v) is 6.65. The minimum atomic E-state index is 0.457. The number of hydrogen-bond donors (Lipinski definition) is 2. The summed E-state index contributed by atoms with van der Waals surface area (Å²) in [5.41, 5.74) is 8.61. The van der Waals surface area contributed by atoms with Crippen LogP contribution >= 0.6 is 15.9 Å². The second-order valence-electron chi connectivity index (χ2n) is 4.30. The molecule has 3 rings (SSSR count). The average Bonchev–Trinajstić information content (AvgIpc) is 2.78. The molecule has 0 aliphatic carbocycles. The van der Waals surface area contributed by atoms with E-state index in [1.54, 1.807) is 0 Å². The molecule has 0 radical (unpaired) electrons. The maximum absolute atomic E-state index is 5.82. The van der Waals surface area contributed by atoms with Gasteiger partial charge in [-0.3, -0.25) is 0 Å². The lowest BCUT2D eigenvalue weighted by molar-refractivity contribution is 0.900. The van der Waals surface area contributed by atoms with E-state index in [-0.39, 0.29) is 0 Å². The monoisotopic (exact) mass is 317 g/mol. The highest BCUT2D eigenvalue weighted by Crippen LogP contribution is 2.21. The molecule has 0 aliphatic heterocycles. The molecule has 0 saturated carbocycles. The van der Waals surface area contributed by atoms with Crippen molar-refractivity contribution in [3.63, 3.8) is 0 Å². The van der Waals surface area contributed by atoms with Crippen LogP contribution in [0.25, 0.3) is 11.0 Å². The summed E-state index contributed by atoms with van der Waals surface area (Å²) in [6.45, 7) is 1.89. The van der Waals surface area contributed by atoms with Crippen LogP contribution < -0.4 is 5.73 Å². The fraction of sp³-hybridized carbons (Fsp3) is 0.154. The van der Waals surface area contributed by atoms with E-state index in [2.05, 4.69) is 35.9 Å². The molecule has 5 nitrogen and oxygen atoms in total. The molecule has 0 fully saturated rings. The minimum Gasteiger partial charge on any atom is -0.383 e. The first-order valence-electron chi connectivity index (χ1n) is 5.85. The Balaban J connectivity index is 1.96. The second-order valence-corrected chi connectivity index (χ2v) is 5.09. The number of aromatic nitrogens is 4. The number of aryl methyl sites for hydroxylation is 1. The molecule has 0 spiro atoms. The maximum Gasteiger partial charge on any atom is 0.141 e. The number of nitrogens with one attached hydrogen (secondary N) is 1. The summed E-state index contributed by atoms with van der Waals surface area (Å²) < 4.78 is 0.751. The Hall–Kier alpha value is -1.95. The quantitative estimate of drug-likeness (QED) is 0.761. The Labute approximate surface area is 118 Å². The molecule has 0 saturated heterocycles. The maximum atomic E-state index is 5.82. The third-order valence-electron chi connectivity index (χ3n) is 2.85. The van der Waals surface area contributed by atoms with E-state index in [0.717, 1.165) is 27.0 Å². The fourth-order valence-electron chi connectivity index (χ4n) is 1.96. The van der Waals surface area contributed by atoms with Crippen LogP contribution in [0.4, 0.5) is 5.82 Å². The summed E-state index contributed by atoms with van der Waals surface area (Å²) in [5, 5.41) is 0. The highest BCUT2D eigenvalue weighted by Gasteiger charge is 2.09. The highest BCUT2D eigenvalue weighted by molar-refractivity contribution is 9.10. The van der Waals surface area contributed by atoms with E-state index in [4.69, 9.17) is 5.73 Å². The van der Waals surface area contributed by atoms with E-state index in [9.17, 15) is 0 Å². The Morgan fingerprint density at radius 1 is 1.21 bits per heavy atom. The number of fused-ring (bicyclic) bond motifs is 1. The number of imidazole rings is 1. The fourth-order valence-corrected chi connectivity index (χ4v) is 2.14. The first kappa shape index (κ1) is 12.1. The summed E-state index contributed by atoms with van der Waals surface area (Å²) in [7, 11) is 0. The third-order valence-corrected chi connectivity index (χ3v) is 3.83. The lowest BCUT2D eigenvalue weighted by Gasteiger charge is -2.04. The molecular formula is C13H12BrN5. The van der Waals surface area contributed by atoms with Crippen molar-refractivity contribution >= 4 is 32.8 Å². The van der Waals surface area contributed by atoms with Crippen LogP contribution in [0.15, 0.2) is 28.7 Å². The van der Waals surface area contributed by atoms with Gasteiger partial charge in [0.1, 0.15) is 17.5 Å². The van der Waals surface area contributed by atoms with Gasteiger partial charge in [0.15, 0.2) is 0 Å². The molecule has 3 N–H and O–H groups in total. The molecule has 6 heteroatoms. The number of hydrogen-bond acceptors (Lipinski definition) is 4. The van der Waals surface area contributed by atoms with Crippen molar-refractivity contribution < 1.29 is 0 Å². The molecule has 0 aliphatic rings.